The van der Waals surface area contributed by atoms with Gasteiger partial charge in [-0.05, 0) is 31.8 Å². The molecule has 2 fully saturated rings. The van der Waals surface area contributed by atoms with E-state index in [4.69, 9.17) is 10.5 Å². The van der Waals surface area contributed by atoms with Crippen LogP contribution in [0.1, 0.15) is 34.7 Å². The average molecular weight is 429 g/mol. The lowest BCUT2D eigenvalue weighted by Gasteiger charge is -2.41. The lowest BCUT2D eigenvalue weighted by molar-refractivity contribution is -0.0713. The minimum absolute atomic E-state index is 0.00462. The van der Waals surface area contributed by atoms with Crippen molar-refractivity contribution in [2.75, 3.05) is 37.4 Å². The molecule has 0 aromatic carbocycles. The predicted molar refractivity (Wildman–Crippen MR) is 108 cm³/mol. The molecule has 9 nitrogen and oxygen atoms in total. The predicted octanol–water partition coefficient (Wildman–Crippen LogP) is 1.82. The number of anilines is 2. The highest BCUT2D eigenvalue weighted by atomic mass is 19.1. The number of nitrogens with zero attached hydrogens (tertiary/aromatic N) is 5. The Bertz CT molecular complexity index is 1140. The summed E-state index contributed by atoms with van der Waals surface area (Å²) in [7, 11) is 0. The first-order valence-corrected chi connectivity index (χ1v) is 10.1. The van der Waals surface area contributed by atoms with Gasteiger partial charge in [0.15, 0.2) is 17.3 Å². The van der Waals surface area contributed by atoms with E-state index in [1.807, 2.05) is 0 Å². The first-order valence-electron chi connectivity index (χ1n) is 10.1. The van der Waals surface area contributed by atoms with Crippen molar-refractivity contribution in [2.45, 2.75) is 24.8 Å². The van der Waals surface area contributed by atoms with Gasteiger partial charge in [-0.2, -0.15) is 0 Å². The van der Waals surface area contributed by atoms with Crippen molar-refractivity contribution < 1.29 is 18.3 Å². The Labute approximate surface area is 176 Å². The quantitative estimate of drug-likeness (QED) is 0.651. The van der Waals surface area contributed by atoms with E-state index in [0.717, 1.165) is 62.3 Å². The number of ether oxygens (including phenoxy) is 1. The molecule has 3 aromatic heterocycles. The van der Waals surface area contributed by atoms with Crippen molar-refractivity contribution >= 4 is 23.1 Å². The number of rotatable bonds is 4. The van der Waals surface area contributed by atoms with Crippen LogP contribution < -0.4 is 11.1 Å². The molecule has 0 bridgehead atoms. The van der Waals surface area contributed by atoms with Crippen LogP contribution in [0.2, 0.25) is 0 Å². The first kappa shape index (κ1) is 19.8. The fourth-order valence-corrected chi connectivity index (χ4v) is 4.28. The van der Waals surface area contributed by atoms with Gasteiger partial charge in [0.2, 0.25) is 0 Å². The molecular formula is C20H21F2N7O2. The van der Waals surface area contributed by atoms with E-state index >= 15 is 0 Å². The molecule has 2 aliphatic rings. The average Bonchev–Trinajstić information content (AvgIpc) is 3.02. The molecule has 0 unspecified atom stereocenters. The number of fused-ring (bicyclic) bond motifs is 1. The summed E-state index contributed by atoms with van der Waals surface area (Å²) in [6, 6.07) is 0.443. The number of hydrogen-bond donors (Lipinski definition) is 2. The molecule has 0 spiro atoms. The smallest absolute Gasteiger partial charge is 0.263 e. The molecule has 5 rings (SSSR count). The Kier molecular flexibility index (Phi) is 4.98. The van der Waals surface area contributed by atoms with E-state index in [1.54, 1.807) is 0 Å². The summed E-state index contributed by atoms with van der Waals surface area (Å²) in [5.41, 5.74) is 6.70. The van der Waals surface area contributed by atoms with Crippen molar-refractivity contribution in [1.82, 2.24) is 24.5 Å². The van der Waals surface area contributed by atoms with E-state index in [9.17, 15) is 13.6 Å². The minimum Gasteiger partial charge on any atom is -0.381 e. The number of pyridine rings is 1. The van der Waals surface area contributed by atoms with Gasteiger partial charge < -0.3 is 15.8 Å². The van der Waals surface area contributed by atoms with Crippen molar-refractivity contribution in [3.8, 4) is 0 Å². The van der Waals surface area contributed by atoms with Crippen LogP contribution in [0.25, 0.3) is 5.65 Å². The number of nitrogens with one attached hydrogen (secondary N) is 1. The number of carbonyl (C=O) groups excluding carboxylic acids is 1. The molecule has 5 heterocycles. The van der Waals surface area contributed by atoms with Gasteiger partial charge in [-0.1, -0.05) is 0 Å². The molecule has 2 aliphatic heterocycles. The molecule has 0 atom stereocenters. The fraction of sp³-hybridized carbons (Fsp3) is 0.400. The van der Waals surface area contributed by atoms with E-state index in [0.29, 0.717) is 11.6 Å². The summed E-state index contributed by atoms with van der Waals surface area (Å²) in [5, 5.41) is 6.64. The lowest BCUT2D eigenvalue weighted by Crippen LogP contribution is -2.51. The zero-order valence-corrected chi connectivity index (χ0v) is 16.6. The zero-order chi connectivity index (χ0) is 21.5. The number of aromatic nitrogens is 4. The third-order valence-corrected chi connectivity index (χ3v) is 5.96. The number of hydrogen-bond acceptors (Lipinski definition) is 7. The second kappa shape index (κ2) is 7.82. The summed E-state index contributed by atoms with van der Waals surface area (Å²) in [6.45, 7) is 3.16. The molecule has 3 N–H and O–H groups in total. The summed E-state index contributed by atoms with van der Waals surface area (Å²) in [4.78, 5) is 23.2. The van der Waals surface area contributed by atoms with E-state index in [-0.39, 0.29) is 28.6 Å². The Morgan fingerprint density at radius 1 is 1.19 bits per heavy atom. The Hall–Kier alpha value is -3.18. The van der Waals surface area contributed by atoms with Crippen LogP contribution in [0.5, 0.6) is 0 Å². The van der Waals surface area contributed by atoms with E-state index in [2.05, 4.69) is 25.3 Å². The van der Waals surface area contributed by atoms with Gasteiger partial charge in [-0.15, -0.1) is 5.10 Å². The molecule has 3 aromatic rings. The first-order chi connectivity index (χ1) is 15.0. The highest BCUT2D eigenvalue weighted by Crippen LogP contribution is 2.36. The van der Waals surface area contributed by atoms with Gasteiger partial charge in [-0.3, -0.25) is 14.7 Å². The summed E-state index contributed by atoms with van der Waals surface area (Å²) >= 11 is 0. The van der Waals surface area contributed by atoms with Crippen LogP contribution in [0.3, 0.4) is 0 Å². The Morgan fingerprint density at radius 3 is 2.68 bits per heavy atom. The maximum Gasteiger partial charge on any atom is 0.263 e. The number of nitrogen functional groups attached to an aromatic ring is 1. The standard InChI is InChI=1S/C20H21F2N7O2/c21-12-5-25-19-17(18(23)27-29(19)8-12)20(30)26-15-7-24-6-14(22)16(15)11-1-3-28(4-2-11)13-9-31-10-13/h5-8,11,13H,1-4,9-10H2,(H2,23,27)(H,26,30). The van der Waals surface area contributed by atoms with Gasteiger partial charge in [0.25, 0.3) is 5.91 Å². The van der Waals surface area contributed by atoms with E-state index < -0.39 is 17.5 Å². The lowest BCUT2D eigenvalue weighted by atomic mass is 9.88. The number of piperidine rings is 1. The van der Waals surface area contributed by atoms with Gasteiger partial charge in [-0.25, -0.2) is 18.3 Å². The maximum absolute atomic E-state index is 14.8. The molecule has 162 valence electrons. The normalized spacial score (nSPS) is 18.3. The molecule has 1 amide bonds. The van der Waals surface area contributed by atoms with E-state index in [1.165, 1.54) is 6.20 Å². The van der Waals surface area contributed by atoms with Crippen LogP contribution in [-0.2, 0) is 4.74 Å². The number of halogens is 2. The van der Waals surface area contributed by atoms with Crippen LogP contribution in [-0.4, -0.2) is 62.7 Å². The Morgan fingerprint density at radius 2 is 1.97 bits per heavy atom. The molecule has 11 heteroatoms. The van der Waals surface area contributed by atoms with Gasteiger partial charge in [0.1, 0.15) is 11.4 Å². The number of amides is 1. The second-order valence-electron chi connectivity index (χ2n) is 7.84. The molecule has 0 saturated carbocycles. The highest BCUT2D eigenvalue weighted by Gasteiger charge is 2.32. The molecule has 0 radical (unpaired) electrons. The summed E-state index contributed by atoms with van der Waals surface area (Å²) in [5.74, 6) is -1.83. The maximum atomic E-state index is 14.8. The highest BCUT2D eigenvalue weighted by molar-refractivity contribution is 6.11. The van der Waals surface area contributed by atoms with Crippen LogP contribution in [0, 0.1) is 11.6 Å². The third kappa shape index (κ3) is 3.59. The number of nitrogens with two attached hydrogens (primary N) is 1. The number of carbonyl (C=O) groups is 1. The topological polar surface area (TPSA) is 111 Å². The number of likely N-dealkylation sites (tertiary alicyclic amines) is 1. The van der Waals surface area contributed by atoms with Crippen molar-refractivity contribution in [2.24, 2.45) is 0 Å². The summed E-state index contributed by atoms with van der Waals surface area (Å²) < 4.78 is 34.6. The van der Waals surface area contributed by atoms with Crippen molar-refractivity contribution in [3.63, 3.8) is 0 Å². The largest absolute Gasteiger partial charge is 0.381 e. The third-order valence-electron chi connectivity index (χ3n) is 5.96. The Balaban J connectivity index is 1.40. The van der Waals surface area contributed by atoms with Crippen molar-refractivity contribution in [3.05, 3.63) is 47.5 Å². The molecule has 2 saturated heterocycles. The van der Waals surface area contributed by atoms with Gasteiger partial charge in [0, 0.05) is 5.56 Å². The zero-order valence-electron chi connectivity index (χ0n) is 16.6. The fourth-order valence-electron chi connectivity index (χ4n) is 4.28. The molecule has 0 aliphatic carbocycles. The minimum atomic E-state index is -0.613. The van der Waals surface area contributed by atoms with Crippen LogP contribution in [0.15, 0.2) is 24.8 Å². The van der Waals surface area contributed by atoms with Gasteiger partial charge in [0.05, 0.1) is 49.7 Å². The van der Waals surface area contributed by atoms with Crippen LogP contribution >= 0.6 is 0 Å². The SMILES string of the molecule is Nc1nn2cc(F)cnc2c1C(=O)Nc1cncc(F)c1C1CCN(C2COC2)CC1. The van der Waals surface area contributed by atoms with Gasteiger partial charge >= 0.3 is 0 Å². The van der Waals surface area contributed by atoms with Crippen molar-refractivity contribution in [1.29, 1.82) is 0 Å². The summed E-state index contributed by atoms with van der Waals surface area (Å²) in [6.07, 6.45) is 6.16. The monoisotopic (exact) mass is 429 g/mol. The molecule has 31 heavy (non-hydrogen) atoms. The molecular weight excluding hydrogens is 408 g/mol. The second-order valence-corrected chi connectivity index (χ2v) is 7.84. The van der Waals surface area contributed by atoms with Crippen LogP contribution in [0.4, 0.5) is 20.3 Å².